The summed E-state index contributed by atoms with van der Waals surface area (Å²) < 4.78 is 37.7. The van der Waals surface area contributed by atoms with Crippen LogP contribution in [0, 0.1) is 0 Å². The maximum atomic E-state index is 12.5. The van der Waals surface area contributed by atoms with Crippen LogP contribution >= 0.6 is 22.6 Å². The van der Waals surface area contributed by atoms with Crippen molar-refractivity contribution in [2.24, 2.45) is 5.73 Å². The Balaban J connectivity index is 2.00. The summed E-state index contributed by atoms with van der Waals surface area (Å²) in [6.07, 6.45) is -2.39. The second kappa shape index (κ2) is 5.97. The van der Waals surface area contributed by atoms with Gasteiger partial charge in [-0.3, -0.25) is 4.90 Å². The molecule has 2 unspecified atom stereocenters. The molecule has 1 aliphatic rings. The molecule has 0 amide bonds. The highest BCUT2D eigenvalue weighted by molar-refractivity contribution is 14.1. The number of halogens is 4. The van der Waals surface area contributed by atoms with Crippen LogP contribution in [0.3, 0.4) is 0 Å². The fourth-order valence-corrected chi connectivity index (χ4v) is 3.33. The molecule has 2 nitrogen and oxygen atoms in total. The SMILES string of the molecule is NC1CCN(Cc2ccc(C(F)(F)F)cc2)C(I)C1. The average molecular weight is 384 g/mol. The highest BCUT2D eigenvalue weighted by Crippen LogP contribution is 2.30. The minimum Gasteiger partial charge on any atom is -0.328 e. The zero-order valence-electron chi connectivity index (χ0n) is 10.3. The van der Waals surface area contributed by atoms with E-state index in [4.69, 9.17) is 5.73 Å². The van der Waals surface area contributed by atoms with Gasteiger partial charge >= 0.3 is 6.18 Å². The molecule has 1 fully saturated rings. The second-order valence-corrected chi connectivity index (χ2v) is 6.32. The lowest BCUT2D eigenvalue weighted by Crippen LogP contribution is -2.43. The van der Waals surface area contributed by atoms with E-state index < -0.39 is 11.7 Å². The standard InChI is InChI=1S/C13H16F3IN2/c14-13(15,16)10-3-1-9(2-4-10)8-19-6-5-11(18)7-12(19)17/h1-4,11-12H,5-8,18H2. The highest BCUT2D eigenvalue weighted by Gasteiger charge is 2.30. The predicted octanol–water partition coefficient (Wildman–Crippen LogP) is 3.39. The number of nitrogens with two attached hydrogens (primary N) is 1. The van der Waals surface area contributed by atoms with E-state index in [1.54, 1.807) is 12.1 Å². The molecule has 2 N–H and O–H groups in total. The first-order valence-corrected chi connectivity index (χ1v) is 7.40. The lowest BCUT2D eigenvalue weighted by molar-refractivity contribution is -0.137. The summed E-state index contributed by atoms with van der Waals surface area (Å²) in [5, 5.41) is 0. The van der Waals surface area contributed by atoms with Gasteiger partial charge in [0.1, 0.15) is 0 Å². The molecular weight excluding hydrogens is 368 g/mol. The maximum Gasteiger partial charge on any atom is 0.416 e. The monoisotopic (exact) mass is 384 g/mol. The van der Waals surface area contributed by atoms with Crippen LogP contribution in [0.15, 0.2) is 24.3 Å². The van der Waals surface area contributed by atoms with Crippen LogP contribution in [-0.2, 0) is 12.7 Å². The number of nitrogens with zero attached hydrogens (tertiary/aromatic N) is 1. The van der Waals surface area contributed by atoms with Crippen LogP contribution in [0.1, 0.15) is 24.0 Å². The van der Waals surface area contributed by atoms with Gasteiger partial charge in [-0.2, -0.15) is 13.2 Å². The minimum atomic E-state index is -4.26. The molecule has 6 heteroatoms. The first-order chi connectivity index (χ1) is 8.86. The molecule has 0 radical (unpaired) electrons. The van der Waals surface area contributed by atoms with E-state index in [-0.39, 0.29) is 6.04 Å². The molecule has 1 heterocycles. The van der Waals surface area contributed by atoms with Gasteiger partial charge in [-0.05, 0) is 30.5 Å². The summed E-state index contributed by atoms with van der Waals surface area (Å²) in [6, 6.07) is 5.65. The fourth-order valence-electron chi connectivity index (χ4n) is 2.20. The van der Waals surface area contributed by atoms with E-state index in [1.807, 2.05) is 0 Å². The van der Waals surface area contributed by atoms with Crippen molar-refractivity contribution in [3.8, 4) is 0 Å². The van der Waals surface area contributed by atoms with Gasteiger partial charge in [-0.1, -0.05) is 34.7 Å². The number of alkyl halides is 4. The number of hydrogen-bond donors (Lipinski definition) is 1. The molecule has 1 aromatic rings. The molecule has 1 saturated heterocycles. The lowest BCUT2D eigenvalue weighted by Gasteiger charge is -2.35. The first-order valence-electron chi connectivity index (χ1n) is 6.16. The number of benzene rings is 1. The van der Waals surface area contributed by atoms with Gasteiger partial charge < -0.3 is 5.73 Å². The summed E-state index contributed by atoms with van der Waals surface area (Å²) in [5.41, 5.74) is 6.21. The molecule has 0 aliphatic carbocycles. The Labute approximate surface area is 124 Å². The first kappa shape index (κ1) is 15.1. The van der Waals surface area contributed by atoms with Crippen LogP contribution in [-0.4, -0.2) is 21.5 Å². The van der Waals surface area contributed by atoms with Gasteiger partial charge in [0.25, 0.3) is 0 Å². The van der Waals surface area contributed by atoms with Crippen molar-refractivity contribution in [1.29, 1.82) is 0 Å². The summed E-state index contributed by atoms with van der Waals surface area (Å²) in [7, 11) is 0. The van der Waals surface area contributed by atoms with Gasteiger partial charge in [-0.15, -0.1) is 0 Å². The van der Waals surface area contributed by atoms with Gasteiger partial charge in [0.2, 0.25) is 0 Å². The van der Waals surface area contributed by atoms with Crippen molar-refractivity contribution in [3.05, 3.63) is 35.4 Å². The summed E-state index contributed by atoms with van der Waals surface area (Å²) >= 11 is 2.35. The maximum absolute atomic E-state index is 12.5. The van der Waals surface area contributed by atoms with Gasteiger partial charge in [-0.25, -0.2) is 0 Å². The summed E-state index contributed by atoms with van der Waals surface area (Å²) in [4.78, 5) is 2.26. The molecule has 19 heavy (non-hydrogen) atoms. The molecule has 0 spiro atoms. The smallest absolute Gasteiger partial charge is 0.328 e. The number of hydrogen-bond acceptors (Lipinski definition) is 2. The van der Waals surface area contributed by atoms with Crippen molar-refractivity contribution in [1.82, 2.24) is 4.90 Å². The van der Waals surface area contributed by atoms with Crippen LogP contribution in [0.4, 0.5) is 13.2 Å². The quantitative estimate of drug-likeness (QED) is 0.481. The zero-order valence-corrected chi connectivity index (χ0v) is 12.5. The molecule has 0 aromatic heterocycles. The van der Waals surface area contributed by atoms with Crippen LogP contribution in [0.5, 0.6) is 0 Å². The average Bonchev–Trinajstić information content (AvgIpc) is 2.32. The van der Waals surface area contributed by atoms with Crippen LogP contribution in [0.2, 0.25) is 0 Å². The second-order valence-electron chi connectivity index (χ2n) is 4.88. The van der Waals surface area contributed by atoms with E-state index in [0.29, 0.717) is 10.6 Å². The van der Waals surface area contributed by atoms with E-state index in [2.05, 4.69) is 27.5 Å². The van der Waals surface area contributed by atoms with E-state index in [0.717, 1.165) is 37.1 Å². The zero-order chi connectivity index (χ0) is 14.0. The van der Waals surface area contributed by atoms with Crippen LogP contribution < -0.4 is 5.73 Å². The van der Waals surface area contributed by atoms with E-state index in [1.165, 1.54) is 0 Å². The number of rotatable bonds is 2. The number of likely N-dealkylation sites (tertiary alicyclic amines) is 1. The Morgan fingerprint density at radius 3 is 2.42 bits per heavy atom. The fraction of sp³-hybridized carbons (Fsp3) is 0.538. The van der Waals surface area contributed by atoms with Crippen molar-refractivity contribution in [2.75, 3.05) is 6.54 Å². The highest BCUT2D eigenvalue weighted by atomic mass is 127. The summed E-state index contributed by atoms with van der Waals surface area (Å²) in [6.45, 7) is 1.58. The molecule has 1 aromatic carbocycles. The molecule has 0 bridgehead atoms. The van der Waals surface area contributed by atoms with Crippen LogP contribution in [0.25, 0.3) is 0 Å². The largest absolute Gasteiger partial charge is 0.416 e. The molecule has 2 rings (SSSR count). The normalized spacial score (nSPS) is 25.5. The van der Waals surface area contributed by atoms with E-state index >= 15 is 0 Å². The lowest BCUT2D eigenvalue weighted by atomic mass is 10.0. The molecular formula is C13H16F3IN2. The topological polar surface area (TPSA) is 29.3 Å². The summed E-state index contributed by atoms with van der Waals surface area (Å²) in [5.74, 6) is 0. The number of piperidine rings is 1. The molecule has 2 atom stereocenters. The molecule has 106 valence electrons. The van der Waals surface area contributed by atoms with Gasteiger partial charge in [0.05, 0.1) is 9.61 Å². The van der Waals surface area contributed by atoms with Crippen molar-refractivity contribution in [3.63, 3.8) is 0 Å². The molecule has 0 saturated carbocycles. The minimum absolute atomic E-state index is 0.241. The van der Waals surface area contributed by atoms with Crippen molar-refractivity contribution < 1.29 is 13.2 Å². The third-order valence-electron chi connectivity index (χ3n) is 3.35. The van der Waals surface area contributed by atoms with Gasteiger partial charge in [0, 0.05) is 19.1 Å². The Hall–Kier alpha value is -0.340. The molecule has 1 aliphatic heterocycles. The van der Waals surface area contributed by atoms with Crippen molar-refractivity contribution in [2.45, 2.75) is 35.7 Å². The Morgan fingerprint density at radius 1 is 1.26 bits per heavy atom. The Morgan fingerprint density at radius 2 is 1.89 bits per heavy atom. The third-order valence-corrected chi connectivity index (χ3v) is 4.64. The third kappa shape index (κ3) is 4.06. The van der Waals surface area contributed by atoms with Crippen molar-refractivity contribution >= 4 is 22.6 Å². The Kier molecular flexibility index (Phi) is 4.73. The Bertz CT molecular complexity index is 419. The predicted molar refractivity (Wildman–Crippen MR) is 76.9 cm³/mol. The van der Waals surface area contributed by atoms with Gasteiger partial charge in [0.15, 0.2) is 0 Å². The van der Waals surface area contributed by atoms with E-state index in [9.17, 15) is 13.2 Å².